The fraction of sp³-hybridized carbons (Fsp3) is 0.400. The van der Waals surface area contributed by atoms with Gasteiger partial charge in [0.2, 0.25) is 6.54 Å². The summed E-state index contributed by atoms with van der Waals surface area (Å²) in [5, 5.41) is 12.1. The van der Waals surface area contributed by atoms with Gasteiger partial charge in [0, 0.05) is 22.4 Å². The Bertz CT molecular complexity index is 1220. The van der Waals surface area contributed by atoms with Gasteiger partial charge < -0.3 is 4.79 Å². The minimum Gasteiger partial charge on any atom is -0.303 e. The van der Waals surface area contributed by atoms with Crippen LogP contribution in [0.4, 0.5) is 0 Å². The number of nitrogens with zero attached hydrogens (tertiary/aromatic N) is 2. The van der Waals surface area contributed by atoms with Crippen molar-refractivity contribution in [2.75, 3.05) is 6.54 Å². The van der Waals surface area contributed by atoms with Gasteiger partial charge in [-0.25, -0.2) is 12.4 Å². The van der Waals surface area contributed by atoms with Crippen molar-refractivity contribution in [1.29, 1.82) is 0 Å². The van der Waals surface area contributed by atoms with E-state index < -0.39 is 33.3 Å². The number of carbonyl (C=O) groups excluding carboxylic acids is 1. The molecule has 0 radical (unpaired) electrons. The first-order chi connectivity index (χ1) is 15.8. The number of rotatable bonds is 12. The molecule has 7 nitrogen and oxygen atoms in total. The summed E-state index contributed by atoms with van der Waals surface area (Å²) in [7, 11) is -3.92. The second-order valence-corrected chi connectivity index (χ2v) is 10.3. The lowest BCUT2D eigenvalue weighted by atomic mass is 9.83. The van der Waals surface area contributed by atoms with E-state index in [1.807, 2.05) is 6.92 Å². The van der Waals surface area contributed by atoms with Gasteiger partial charge in [0.25, 0.3) is 10.0 Å². The summed E-state index contributed by atoms with van der Waals surface area (Å²) in [5.74, 6) is -1.27. The first-order valence-corrected chi connectivity index (χ1v) is 12.7. The Morgan fingerprint density at radius 1 is 1.06 bits per heavy atom. The smallest absolute Gasteiger partial charge is 0.268 e. The second-order valence-electron chi connectivity index (χ2n) is 8.49. The monoisotopic (exact) mass is 470 g/mol. The van der Waals surface area contributed by atoms with Crippen LogP contribution in [0.25, 0.3) is 10.9 Å². The van der Waals surface area contributed by atoms with E-state index in [1.54, 1.807) is 48.5 Å². The molecule has 0 aliphatic rings. The summed E-state index contributed by atoms with van der Waals surface area (Å²) < 4.78 is 28.1. The Hall–Kier alpha value is -3.00. The van der Waals surface area contributed by atoms with E-state index in [-0.39, 0.29) is 4.90 Å². The molecule has 0 saturated carbocycles. The number of hydrogen-bond donors (Lipinski definition) is 0. The lowest BCUT2D eigenvalue weighted by Gasteiger charge is -2.19. The summed E-state index contributed by atoms with van der Waals surface area (Å²) in [6, 6.07) is 13.5. The Morgan fingerprint density at radius 3 is 2.39 bits per heavy atom. The number of unbranched alkanes of at least 4 members (excludes halogenated alkanes) is 3. The number of para-hydroxylation sites is 1. The molecular formula is C25H30N2O5S. The van der Waals surface area contributed by atoms with Crippen molar-refractivity contribution >= 4 is 27.2 Å². The number of nitro groups is 1. The number of carbonyl (C=O) groups is 1. The quantitative estimate of drug-likeness (QED) is 0.154. The predicted octanol–water partition coefficient (Wildman–Crippen LogP) is 5.33. The fourth-order valence-electron chi connectivity index (χ4n) is 4.29. The lowest BCUT2D eigenvalue weighted by Crippen LogP contribution is -2.22. The highest BCUT2D eigenvalue weighted by Crippen LogP contribution is 2.36. The molecule has 3 rings (SSSR count). The molecule has 33 heavy (non-hydrogen) atoms. The van der Waals surface area contributed by atoms with Crippen molar-refractivity contribution in [2.24, 2.45) is 5.92 Å². The summed E-state index contributed by atoms with van der Waals surface area (Å²) in [4.78, 5) is 23.3. The average molecular weight is 471 g/mol. The van der Waals surface area contributed by atoms with Crippen molar-refractivity contribution in [2.45, 2.75) is 56.8 Å². The minimum atomic E-state index is -3.92. The van der Waals surface area contributed by atoms with E-state index in [1.165, 1.54) is 10.2 Å². The molecule has 0 aliphatic carbocycles. The maximum absolute atomic E-state index is 13.5. The lowest BCUT2D eigenvalue weighted by molar-refractivity contribution is -0.484. The first kappa shape index (κ1) is 24.6. The zero-order valence-corrected chi connectivity index (χ0v) is 19.8. The number of hydrogen-bond acceptors (Lipinski definition) is 5. The van der Waals surface area contributed by atoms with E-state index >= 15 is 0 Å². The molecule has 0 N–H and O–H groups in total. The van der Waals surface area contributed by atoms with Crippen molar-refractivity contribution in [3.05, 3.63) is 76.0 Å². The van der Waals surface area contributed by atoms with E-state index in [0.29, 0.717) is 22.9 Å². The van der Waals surface area contributed by atoms with Crippen LogP contribution in [0.2, 0.25) is 0 Å². The average Bonchev–Trinajstić information content (AvgIpc) is 3.18. The molecule has 2 aromatic carbocycles. The van der Waals surface area contributed by atoms with E-state index in [0.717, 1.165) is 37.5 Å². The third kappa shape index (κ3) is 5.50. The molecule has 0 amide bonds. The topological polar surface area (TPSA) is 99.3 Å². The molecule has 8 heteroatoms. The third-order valence-corrected chi connectivity index (χ3v) is 7.80. The zero-order valence-electron chi connectivity index (χ0n) is 19.0. The van der Waals surface area contributed by atoms with Gasteiger partial charge in [-0.2, -0.15) is 0 Å². The van der Waals surface area contributed by atoms with E-state index in [4.69, 9.17) is 0 Å². The normalized spacial score (nSPS) is 13.6. The molecule has 176 valence electrons. The van der Waals surface area contributed by atoms with Crippen LogP contribution in [-0.4, -0.2) is 30.1 Å². The van der Waals surface area contributed by atoms with Gasteiger partial charge in [-0.05, 0) is 37.1 Å². The van der Waals surface area contributed by atoms with Crippen LogP contribution in [0.15, 0.2) is 59.6 Å². The van der Waals surface area contributed by atoms with E-state index in [2.05, 4.69) is 6.92 Å². The van der Waals surface area contributed by atoms with Crippen LogP contribution in [0.5, 0.6) is 0 Å². The maximum Gasteiger partial charge on any atom is 0.268 e. The summed E-state index contributed by atoms with van der Waals surface area (Å²) in [6.07, 6.45) is 6.64. The molecule has 0 bridgehead atoms. The van der Waals surface area contributed by atoms with Gasteiger partial charge in [-0.1, -0.05) is 68.5 Å². The molecule has 3 aromatic rings. The molecule has 2 atom stereocenters. The Labute approximate surface area is 194 Å². The molecule has 0 saturated heterocycles. The molecule has 0 fully saturated rings. The summed E-state index contributed by atoms with van der Waals surface area (Å²) in [5.41, 5.74) is 1.90. The summed E-state index contributed by atoms with van der Waals surface area (Å²) in [6.45, 7) is 3.54. The molecule has 0 aliphatic heterocycles. The van der Waals surface area contributed by atoms with Crippen molar-refractivity contribution in [1.82, 2.24) is 3.97 Å². The van der Waals surface area contributed by atoms with Gasteiger partial charge in [-0.15, -0.1) is 0 Å². The number of aldehydes is 1. The van der Waals surface area contributed by atoms with Gasteiger partial charge in [0.1, 0.15) is 6.29 Å². The largest absolute Gasteiger partial charge is 0.303 e. The Kier molecular flexibility index (Phi) is 8.02. The second kappa shape index (κ2) is 10.7. The van der Waals surface area contributed by atoms with Crippen LogP contribution in [0.1, 0.15) is 56.1 Å². The van der Waals surface area contributed by atoms with Gasteiger partial charge in [0.15, 0.2) is 0 Å². The highest BCUT2D eigenvalue weighted by molar-refractivity contribution is 7.90. The minimum absolute atomic E-state index is 0.137. The van der Waals surface area contributed by atoms with Crippen LogP contribution >= 0.6 is 0 Å². The number of aryl methyl sites for hydroxylation is 1. The SMILES string of the molecule is CCCCCC[C@H](C=O)[C@@H](C[N+](=O)[O-])c1cn(S(=O)(=O)c2ccc(C)cc2)c2ccccc12. The fourth-order valence-corrected chi connectivity index (χ4v) is 5.67. The zero-order chi connectivity index (χ0) is 24.0. The third-order valence-electron chi connectivity index (χ3n) is 6.11. The molecule has 0 unspecified atom stereocenters. The number of aromatic nitrogens is 1. The summed E-state index contributed by atoms with van der Waals surface area (Å²) >= 11 is 0. The van der Waals surface area contributed by atoms with Gasteiger partial charge in [-0.3, -0.25) is 10.1 Å². The van der Waals surface area contributed by atoms with E-state index in [9.17, 15) is 23.3 Å². The van der Waals surface area contributed by atoms with Crippen LogP contribution < -0.4 is 0 Å². The molecule has 1 heterocycles. The van der Waals surface area contributed by atoms with Gasteiger partial charge in [0.05, 0.1) is 16.3 Å². The molecule has 1 aromatic heterocycles. The van der Waals surface area contributed by atoms with Crippen LogP contribution in [0.3, 0.4) is 0 Å². The predicted molar refractivity (Wildman–Crippen MR) is 129 cm³/mol. The van der Waals surface area contributed by atoms with Crippen LogP contribution in [0, 0.1) is 23.0 Å². The highest BCUT2D eigenvalue weighted by atomic mass is 32.2. The Balaban J connectivity index is 2.11. The standard InChI is InChI=1S/C25H30N2O5S/c1-3-4-5-6-9-20(18-28)23(17-27(29)30)24-16-26(25-11-8-7-10-22(24)25)33(31,32)21-14-12-19(2)13-15-21/h7-8,10-16,18,20,23H,3-6,9,17H2,1-2H3/t20-,23-/m1/s1. The van der Waals surface area contributed by atoms with Gasteiger partial charge >= 0.3 is 0 Å². The maximum atomic E-state index is 13.5. The van der Waals surface area contributed by atoms with Crippen LogP contribution in [-0.2, 0) is 14.8 Å². The molecule has 0 spiro atoms. The van der Waals surface area contributed by atoms with Crippen molar-refractivity contribution in [3.8, 4) is 0 Å². The number of fused-ring (bicyclic) bond motifs is 1. The Morgan fingerprint density at radius 2 is 1.76 bits per heavy atom. The highest BCUT2D eigenvalue weighted by Gasteiger charge is 2.32. The molecular weight excluding hydrogens is 440 g/mol. The first-order valence-electron chi connectivity index (χ1n) is 11.3. The van der Waals surface area contributed by atoms with Crippen molar-refractivity contribution in [3.63, 3.8) is 0 Å². The number of benzene rings is 2. The van der Waals surface area contributed by atoms with Crippen molar-refractivity contribution < 1.29 is 18.1 Å².